The minimum Gasteiger partial charge on any atom is -0.361 e. The van der Waals surface area contributed by atoms with E-state index in [0.717, 1.165) is 9.56 Å². The van der Waals surface area contributed by atoms with Crippen LogP contribution in [-0.4, -0.2) is 21.9 Å². The van der Waals surface area contributed by atoms with Gasteiger partial charge < -0.3 is 10.6 Å². The van der Waals surface area contributed by atoms with E-state index >= 15 is 0 Å². The van der Waals surface area contributed by atoms with Crippen LogP contribution in [0.2, 0.25) is 10.0 Å². The number of fused-ring (bicyclic) bond motifs is 1. The first-order chi connectivity index (χ1) is 14.2. The lowest BCUT2D eigenvalue weighted by molar-refractivity contribution is -0.173. The maximum Gasteiger partial charge on any atom is 0.410 e. The van der Waals surface area contributed by atoms with Crippen molar-refractivity contribution in [1.29, 1.82) is 0 Å². The van der Waals surface area contributed by atoms with E-state index in [1.54, 1.807) is 42.6 Å². The van der Waals surface area contributed by atoms with Gasteiger partial charge >= 0.3 is 6.18 Å². The molecule has 158 valence electrons. The summed E-state index contributed by atoms with van der Waals surface area (Å²) in [6, 6.07) is 5.97. The monoisotopic (exact) mass is 474 g/mol. The first-order valence-corrected chi connectivity index (χ1v) is 10.5. The highest BCUT2D eigenvalue weighted by atomic mass is 35.5. The SMILES string of the molecule is Cc1c(Cl)cccc1NC(=O)c1nn2c(c1Cl)N[C@@H](c1cccs1)C[C@@H]2C(F)(F)F. The predicted octanol–water partition coefficient (Wildman–Crippen LogP) is 6.47. The number of anilines is 2. The number of carbonyl (C=O) groups is 1. The Hall–Kier alpha value is -2.23. The highest BCUT2D eigenvalue weighted by Crippen LogP contribution is 2.46. The zero-order valence-corrected chi connectivity index (χ0v) is 17.8. The van der Waals surface area contributed by atoms with Crippen LogP contribution < -0.4 is 10.6 Å². The van der Waals surface area contributed by atoms with Crippen LogP contribution in [0.25, 0.3) is 0 Å². The number of benzene rings is 1. The van der Waals surface area contributed by atoms with Gasteiger partial charge in [0.15, 0.2) is 11.7 Å². The number of hydrogen-bond donors (Lipinski definition) is 2. The van der Waals surface area contributed by atoms with Gasteiger partial charge in [0, 0.05) is 22.0 Å². The molecule has 3 heterocycles. The van der Waals surface area contributed by atoms with Crippen molar-refractivity contribution in [3.05, 3.63) is 61.9 Å². The summed E-state index contributed by atoms with van der Waals surface area (Å²) in [5.74, 6) is -0.751. The molecule has 4 rings (SSSR count). The Balaban J connectivity index is 1.71. The van der Waals surface area contributed by atoms with Gasteiger partial charge in [-0.3, -0.25) is 4.79 Å². The Morgan fingerprint density at radius 3 is 2.73 bits per heavy atom. The number of halogens is 5. The van der Waals surface area contributed by atoms with E-state index in [0.29, 0.717) is 16.3 Å². The number of nitrogens with zero attached hydrogens (tertiary/aromatic N) is 2. The number of aromatic nitrogens is 2. The molecular formula is C19H15Cl2F3N4OS. The fourth-order valence-corrected chi connectivity index (χ4v) is 4.57. The smallest absolute Gasteiger partial charge is 0.361 e. The van der Waals surface area contributed by atoms with Gasteiger partial charge in [0.25, 0.3) is 5.91 Å². The molecule has 0 aliphatic carbocycles. The average molecular weight is 475 g/mol. The van der Waals surface area contributed by atoms with Crippen molar-refractivity contribution < 1.29 is 18.0 Å². The average Bonchev–Trinajstić information content (AvgIpc) is 3.32. The number of carbonyl (C=O) groups excluding carboxylic acids is 1. The molecule has 11 heteroatoms. The highest BCUT2D eigenvalue weighted by Gasteiger charge is 2.48. The van der Waals surface area contributed by atoms with E-state index in [2.05, 4.69) is 15.7 Å². The molecular weight excluding hydrogens is 460 g/mol. The predicted molar refractivity (Wildman–Crippen MR) is 112 cm³/mol. The van der Waals surface area contributed by atoms with E-state index in [1.165, 1.54) is 11.3 Å². The summed E-state index contributed by atoms with van der Waals surface area (Å²) in [7, 11) is 0. The van der Waals surface area contributed by atoms with Crippen LogP contribution in [-0.2, 0) is 0 Å². The van der Waals surface area contributed by atoms with Crippen LogP contribution in [0.5, 0.6) is 0 Å². The fourth-order valence-electron chi connectivity index (χ4n) is 3.34. The summed E-state index contributed by atoms with van der Waals surface area (Å²) >= 11 is 13.7. The molecule has 0 saturated carbocycles. The molecule has 0 radical (unpaired) electrons. The van der Waals surface area contributed by atoms with E-state index in [-0.39, 0.29) is 23.0 Å². The molecule has 30 heavy (non-hydrogen) atoms. The van der Waals surface area contributed by atoms with Crippen molar-refractivity contribution in [3.63, 3.8) is 0 Å². The zero-order chi connectivity index (χ0) is 21.6. The molecule has 1 aromatic carbocycles. The van der Waals surface area contributed by atoms with Crippen LogP contribution in [0.15, 0.2) is 35.7 Å². The van der Waals surface area contributed by atoms with E-state index in [4.69, 9.17) is 23.2 Å². The Labute approximate surface area is 183 Å². The lowest BCUT2D eigenvalue weighted by Crippen LogP contribution is -2.35. The third kappa shape index (κ3) is 3.77. The van der Waals surface area contributed by atoms with Crippen LogP contribution >= 0.6 is 34.5 Å². The first kappa shape index (κ1) is 21.0. The summed E-state index contributed by atoms with van der Waals surface area (Å²) in [4.78, 5) is 13.5. The molecule has 0 saturated heterocycles. The Bertz CT molecular complexity index is 1100. The molecule has 2 N–H and O–H groups in total. The van der Waals surface area contributed by atoms with Crippen LogP contribution in [0.3, 0.4) is 0 Å². The second-order valence-electron chi connectivity index (χ2n) is 6.83. The topological polar surface area (TPSA) is 59.0 Å². The number of amides is 1. The molecule has 1 aliphatic rings. The van der Waals surface area contributed by atoms with Crippen LogP contribution in [0, 0.1) is 6.92 Å². The second kappa shape index (κ2) is 7.79. The van der Waals surface area contributed by atoms with Crippen molar-refractivity contribution in [3.8, 4) is 0 Å². The van der Waals surface area contributed by atoms with Gasteiger partial charge in [-0.2, -0.15) is 18.3 Å². The Morgan fingerprint density at radius 1 is 1.30 bits per heavy atom. The van der Waals surface area contributed by atoms with Crippen molar-refractivity contribution in [2.45, 2.75) is 31.6 Å². The maximum absolute atomic E-state index is 13.8. The van der Waals surface area contributed by atoms with E-state index in [1.807, 2.05) is 0 Å². The lowest BCUT2D eigenvalue weighted by Gasteiger charge is -2.32. The molecule has 0 fully saturated rings. The summed E-state index contributed by atoms with van der Waals surface area (Å²) in [5, 5.41) is 11.6. The zero-order valence-electron chi connectivity index (χ0n) is 15.4. The molecule has 1 amide bonds. The third-order valence-corrected chi connectivity index (χ3v) is 6.67. The van der Waals surface area contributed by atoms with Crippen LogP contribution in [0.4, 0.5) is 24.7 Å². The first-order valence-electron chi connectivity index (χ1n) is 8.88. The van der Waals surface area contributed by atoms with Gasteiger partial charge in [0.2, 0.25) is 0 Å². The van der Waals surface area contributed by atoms with Gasteiger partial charge in [-0.1, -0.05) is 35.3 Å². The number of thiophene rings is 1. The fraction of sp³-hybridized carbons (Fsp3) is 0.263. The third-order valence-electron chi connectivity index (χ3n) is 4.91. The van der Waals surface area contributed by atoms with Crippen molar-refractivity contribution in [2.24, 2.45) is 0 Å². The molecule has 2 aromatic heterocycles. The van der Waals surface area contributed by atoms with Crippen molar-refractivity contribution >= 4 is 52.0 Å². The summed E-state index contributed by atoms with van der Waals surface area (Å²) < 4.78 is 42.1. The Morgan fingerprint density at radius 2 is 2.07 bits per heavy atom. The maximum atomic E-state index is 13.8. The number of hydrogen-bond acceptors (Lipinski definition) is 4. The van der Waals surface area contributed by atoms with Gasteiger partial charge in [0.05, 0.1) is 6.04 Å². The normalized spacial score (nSPS) is 18.6. The minimum absolute atomic E-state index is 0.0309. The molecule has 3 aromatic rings. The molecule has 2 atom stereocenters. The number of rotatable bonds is 3. The van der Waals surface area contributed by atoms with Gasteiger partial charge in [-0.15, -0.1) is 11.3 Å². The second-order valence-corrected chi connectivity index (χ2v) is 8.59. The standard InChI is InChI=1S/C19H15Cl2F3N4OS/c1-9-10(20)4-2-5-11(9)26-18(29)16-15(21)17-25-12(13-6-3-7-30-13)8-14(19(22,23)24)28(17)27-16/h2-7,12,14,25H,8H2,1H3,(H,26,29)/t12-,14-/m1/s1. The number of nitrogens with one attached hydrogen (secondary N) is 2. The summed E-state index contributed by atoms with van der Waals surface area (Å²) in [5.41, 5.74) is 0.752. The largest absolute Gasteiger partial charge is 0.410 e. The summed E-state index contributed by atoms with van der Waals surface area (Å²) in [6.07, 6.45) is -4.82. The molecule has 1 aliphatic heterocycles. The van der Waals surface area contributed by atoms with Gasteiger partial charge in [-0.25, -0.2) is 4.68 Å². The molecule has 5 nitrogen and oxygen atoms in total. The van der Waals surface area contributed by atoms with Crippen LogP contribution in [0.1, 0.15) is 39.4 Å². The lowest BCUT2D eigenvalue weighted by atomic mass is 10.0. The molecule has 0 bridgehead atoms. The van der Waals surface area contributed by atoms with Gasteiger partial charge in [0.1, 0.15) is 10.8 Å². The van der Waals surface area contributed by atoms with Gasteiger partial charge in [-0.05, 0) is 36.1 Å². The van der Waals surface area contributed by atoms with Crippen molar-refractivity contribution in [2.75, 3.05) is 10.6 Å². The molecule has 0 unspecified atom stereocenters. The van der Waals surface area contributed by atoms with Crippen molar-refractivity contribution in [1.82, 2.24) is 9.78 Å². The molecule has 0 spiro atoms. The number of alkyl halides is 3. The summed E-state index contributed by atoms with van der Waals surface area (Å²) in [6.45, 7) is 1.71. The minimum atomic E-state index is -4.56. The Kier molecular flexibility index (Phi) is 5.46. The quantitative estimate of drug-likeness (QED) is 0.457. The van der Waals surface area contributed by atoms with E-state index < -0.39 is 24.2 Å². The highest BCUT2D eigenvalue weighted by molar-refractivity contribution is 7.10. The van der Waals surface area contributed by atoms with E-state index in [9.17, 15) is 18.0 Å².